The topological polar surface area (TPSA) is 46.2 Å². The number of halogens is 1. The average molecular weight is 200 g/mol. The Hall–Kier alpha value is -0.730. The summed E-state index contributed by atoms with van der Waals surface area (Å²) in [6, 6.07) is 3.55. The molecule has 0 saturated carbocycles. The van der Waals surface area contributed by atoms with Gasteiger partial charge in [-0.05, 0) is 31.0 Å². The molecule has 0 aliphatic carbocycles. The number of rotatable bonds is 2. The highest BCUT2D eigenvalue weighted by Crippen LogP contribution is 2.28. The van der Waals surface area contributed by atoms with E-state index >= 15 is 0 Å². The Labute approximate surface area is 83.3 Å². The smallest absolute Gasteiger partial charge is 0.123 e. The zero-order chi connectivity index (χ0) is 10.0. The van der Waals surface area contributed by atoms with E-state index < -0.39 is 0 Å². The van der Waals surface area contributed by atoms with E-state index in [2.05, 4.69) is 0 Å². The van der Waals surface area contributed by atoms with Crippen LogP contribution in [0.25, 0.3) is 0 Å². The van der Waals surface area contributed by atoms with E-state index in [0.29, 0.717) is 5.88 Å². The summed E-state index contributed by atoms with van der Waals surface area (Å²) in [6.07, 6.45) is 0. The average Bonchev–Trinajstić information content (AvgIpc) is 2.09. The van der Waals surface area contributed by atoms with Crippen molar-refractivity contribution in [3.63, 3.8) is 0 Å². The zero-order valence-corrected chi connectivity index (χ0v) is 8.60. The molecule has 0 spiro atoms. The maximum atomic E-state index is 9.66. The minimum atomic E-state index is -0.165. The van der Waals surface area contributed by atoms with Gasteiger partial charge in [-0.3, -0.25) is 0 Å². The Morgan fingerprint density at radius 2 is 2.15 bits per heavy atom. The van der Waals surface area contributed by atoms with Crippen molar-refractivity contribution < 1.29 is 5.11 Å². The molecule has 0 aliphatic heterocycles. The summed E-state index contributed by atoms with van der Waals surface area (Å²) in [5.74, 6) is 0.727. The van der Waals surface area contributed by atoms with Gasteiger partial charge in [0.2, 0.25) is 0 Å². The maximum Gasteiger partial charge on any atom is 0.123 e. The summed E-state index contributed by atoms with van der Waals surface area (Å²) in [5.41, 5.74) is 8.28. The van der Waals surface area contributed by atoms with Crippen molar-refractivity contribution >= 4 is 11.6 Å². The molecule has 1 unspecified atom stereocenters. The number of hydrogen-bond donors (Lipinski definition) is 2. The van der Waals surface area contributed by atoms with Crippen molar-refractivity contribution in [2.75, 3.05) is 0 Å². The van der Waals surface area contributed by atoms with Gasteiger partial charge in [-0.2, -0.15) is 0 Å². The van der Waals surface area contributed by atoms with Gasteiger partial charge in [-0.15, -0.1) is 11.6 Å². The molecular formula is C10H14ClNO. The minimum Gasteiger partial charge on any atom is -0.507 e. The maximum absolute atomic E-state index is 9.66. The van der Waals surface area contributed by atoms with Crippen LogP contribution in [0.4, 0.5) is 0 Å². The predicted octanol–water partition coefficient (Wildman–Crippen LogP) is 2.46. The lowest BCUT2D eigenvalue weighted by molar-refractivity contribution is 0.459. The molecule has 13 heavy (non-hydrogen) atoms. The summed E-state index contributed by atoms with van der Waals surface area (Å²) in [5, 5.41) is 9.66. The second-order valence-electron chi connectivity index (χ2n) is 3.27. The Morgan fingerprint density at radius 1 is 1.54 bits per heavy atom. The predicted molar refractivity (Wildman–Crippen MR) is 55.0 cm³/mol. The van der Waals surface area contributed by atoms with E-state index in [1.807, 2.05) is 26.0 Å². The van der Waals surface area contributed by atoms with Gasteiger partial charge in [0.05, 0.1) is 0 Å². The van der Waals surface area contributed by atoms with Crippen molar-refractivity contribution in [1.29, 1.82) is 0 Å². The highest BCUT2D eigenvalue weighted by molar-refractivity contribution is 6.17. The van der Waals surface area contributed by atoms with E-state index in [4.69, 9.17) is 17.3 Å². The summed E-state index contributed by atoms with van der Waals surface area (Å²) >= 11 is 5.71. The minimum absolute atomic E-state index is 0.165. The zero-order valence-electron chi connectivity index (χ0n) is 7.84. The summed E-state index contributed by atoms with van der Waals surface area (Å²) in [6.45, 7) is 3.68. The third-order valence-electron chi connectivity index (χ3n) is 2.03. The number of phenolic OH excluding ortho intramolecular Hbond substituents is 1. The van der Waals surface area contributed by atoms with Crippen LogP contribution in [0.3, 0.4) is 0 Å². The van der Waals surface area contributed by atoms with Gasteiger partial charge in [0.1, 0.15) is 5.75 Å². The van der Waals surface area contributed by atoms with Crippen molar-refractivity contribution in [3.8, 4) is 5.75 Å². The van der Waals surface area contributed by atoms with Gasteiger partial charge >= 0.3 is 0 Å². The molecule has 1 aromatic rings. The number of aryl methyl sites for hydroxylation is 1. The lowest BCUT2D eigenvalue weighted by Gasteiger charge is -2.12. The number of phenols is 1. The van der Waals surface area contributed by atoms with Gasteiger partial charge in [0.25, 0.3) is 0 Å². The molecule has 1 aromatic carbocycles. The first-order valence-electron chi connectivity index (χ1n) is 4.20. The largest absolute Gasteiger partial charge is 0.507 e. The molecule has 1 atom stereocenters. The molecule has 0 amide bonds. The first-order valence-corrected chi connectivity index (χ1v) is 4.73. The van der Waals surface area contributed by atoms with Crippen LogP contribution in [0.15, 0.2) is 12.1 Å². The van der Waals surface area contributed by atoms with Gasteiger partial charge in [0, 0.05) is 17.5 Å². The molecule has 0 fully saturated rings. The summed E-state index contributed by atoms with van der Waals surface area (Å²) < 4.78 is 0. The number of benzene rings is 1. The monoisotopic (exact) mass is 199 g/mol. The van der Waals surface area contributed by atoms with Crippen LogP contribution in [0, 0.1) is 6.92 Å². The van der Waals surface area contributed by atoms with Crippen molar-refractivity contribution in [1.82, 2.24) is 0 Å². The highest BCUT2D eigenvalue weighted by atomic mass is 35.5. The molecule has 0 aliphatic rings. The van der Waals surface area contributed by atoms with Crippen LogP contribution >= 0.6 is 11.6 Å². The number of hydrogen-bond acceptors (Lipinski definition) is 2. The molecular weight excluding hydrogens is 186 g/mol. The first kappa shape index (κ1) is 10.4. The Bertz CT molecular complexity index is 310. The van der Waals surface area contributed by atoms with Gasteiger partial charge < -0.3 is 10.8 Å². The van der Waals surface area contributed by atoms with E-state index in [0.717, 1.165) is 16.7 Å². The summed E-state index contributed by atoms with van der Waals surface area (Å²) in [4.78, 5) is 0. The van der Waals surface area contributed by atoms with Crippen LogP contribution in [-0.4, -0.2) is 5.11 Å². The van der Waals surface area contributed by atoms with Crippen LogP contribution in [-0.2, 0) is 5.88 Å². The fraction of sp³-hybridized carbons (Fsp3) is 0.400. The lowest BCUT2D eigenvalue weighted by Crippen LogP contribution is -2.06. The second kappa shape index (κ2) is 3.99. The molecule has 3 heteroatoms. The number of aromatic hydroxyl groups is 1. The SMILES string of the molecule is Cc1cc(CCl)cc(C(C)N)c1O. The molecule has 0 saturated heterocycles. The molecule has 0 aromatic heterocycles. The number of alkyl halides is 1. The van der Waals surface area contributed by atoms with Gasteiger partial charge in [0.15, 0.2) is 0 Å². The van der Waals surface area contributed by atoms with Crippen molar-refractivity contribution in [3.05, 3.63) is 28.8 Å². The Balaban J connectivity index is 3.25. The first-order chi connectivity index (χ1) is 6.06. The Kier molecular flexibility index (Phi) is 3.17. The Morgan fingerprint density at radius 3 is 2.62 bits per heavy atom. The third kappa shape index (κ3) is 2.14. The van der Waals surface area contributed by atoms with Gasteiger partial charge in [-0.25, -0.2) is 0 Å². The van der Waals surface area contributed by atoms with Crippen molar-refractivity contribution in [2.45, 2.75) is 25.8 Å². The van der Waals surface area contributed by atoms with Crippen molar-refractivity contribution in [2.24, 2.45) is 5.73 Å². The lowest BCUT2D eigenvalue weighted by atomic mass is 10.0. The van der Waals surface area contributed by atoms with E-state index in [1.165, 1.54) is 0 Å². The normalized spacial score (nSPS) is 12.9. The van der Waals surface area contributed by atoms with Crippen LogP contribution in [0.1, 0.15) is 29.7 Å². The molecule has 2 nitrogen and oxygen atoms in total. The fourth-order valence-electron chi connectivity index (χ4n) is 1.31. The van der Waals surface area contributed by atoms with Gasteiger partial charge in [-0.1, -0.05) is 6.07 Å². The highest BCUT2D eigenvalue weighted by Gasteiger charge is 2.09. The second-order valence-corrected chi connectivity index (χ2v) is 3.54. The van der Waals surface area contributed by atoms with E-state index in [1.54, 1.807) is 0 Å². The number of nitrogens with two attached hydrogens (primary N) is 1. The molecule has 3 N–H and O–H groups in total. The molecule has 0 radical (unpaired) electrons. The summed E-state index contributed by atoms with van der Waals surface area (Å²) in [7, 11) is 0. The standard InChI is InChI=1S/C10H14ClNO/c1-6-3-8(5-11)4-9(7(2)12)10(6)13/h3-4,7,13H,5,12H2,1-2H3. The fourth-order valence-corrected chi connectivity index (χ4v) is 1.46. The molecule has 1 rings (SSSR count). The van der Waals surface area contributed by atoms with E-state index in [-0.39, 0.29) is 11.8 Å². The van der Waals surface area contributed by atoms with Crippen LogP contribution in [0.5, 0.6) is 5.75 Å². The van der Waals surface area contributed by atoms with E-state index in [9.17, 15) is 5.11 Å². The molecule has 0 bridgehead atoms. The quantitative estimate of drug-likeness (QED) is 0.719. The molecule has 72 valence electrons. The molecule has 0 heterocycles. The van der Waals surface area contributed by atoms with Crippen LogP contribution in [0.2, 0.25) is 0 Å². The third-order valence-corrected chi connectivity index (χ3v) is 2.34. The van der Waals surface area contributed by atoms with Crippen LogP contribution < -0.4 is 5.73 Å².